The molecule has 6 nitrogen and oxygen atoms in total. The molecule has 0 aromatic heterocycles. The molecule has 2 fully saturated rings. The molecule has 0 unspecified atom stereocenters. The Balaban J connectivity index is 1.45. The van der Waals surface area contributed by atoms with Crippen LogP contribution in [-0.4, -0.2) is 35.1 Å². The highest BCUT2D eigenvalue weighted by Crippen LogP contribution is 2.54. The molecule has 3 atom stereocenters. The number of ketones is 2. The molecule has 3 aromatic rings. The van der Waals surface area contributed by atoms with Crippen molar-refractivity contribution in [3.05, 3.63) is 101 Å². The van der Waals surface area contributed by atoms with E-state index in [1.807, 2.05) is 30.3 Å². The maximum atomic E-state index is 13.8. The summed E-state index contributed by atoms with van der Waals surface area (Å²) >= 11 is 6.34. The minimum Gasteiger partial charge on any atom is -0.354 e. The number of para-hydroxylation sites is 1. The van der Waals surface area contributed by atoms with Gasteiger partial charge in [-0.05, 0) is 30.5 Å². The Hall–Kier alpha value is -3.61. The van der Waals surface area contributed by atoms with Crippen LogP contribution >= 0.6 is 11.6 Å². The van der Waals surface area contributed by atoms with Crippen LogP contribution in [0.3, 0.4) is 0 Å². The van der Waals surface area contributed by atoms with Crippen molar-refractivity contribution in [2.75, 3.05) is 4.90 Å². The first-order valence-electron chi connectivity index (χ1n) is 11.5. The molecule has 174 valence electrons. The Kier molecular flexibility index (Phi) is 4.99. The Morgan fingerprint density at radius 3 is 2.03 bits per heavy atom. The zero-order chi connectivity index (χ0) is 24.3. The Morgan fingerprint density at radius 1 is 0.771 bits per heavy atom. The molecule has 0 saturated carbocycles. The van der Waals surface area contributed by atoms with Crippen LogP contribution in [0.2, 0.25) is 5.02 Å². The van der Waals surface area contributed by atoms with Gasteiger partial charge < -0.3 is 4.74 Å². The lowest BCUT2D eigenvalue weighted by Crippen LogP contribution is -2.51. The van der Waals surface area contributed by atoms with Crippen LogP contribution in [0.15, 0.2) is 78.9 Å². The molecular weight excluding hydrogens is 466 g/mol. The van der Waals surface area contributed by atoms with Gasteiger partial charge in [-0.25, -0.2) is 4.90 Å². The van der Waals surface area contributed by atoms with E-state index in [2.05, 4.69) is 0 Å². The molecule has 3 aromatic carbocycles. The lowest BCUT2D eigenvalue weighted by atomic mass is 9.77. The summed E-state index contributed by atoms with van der Waals surface area (Å²) in [5, 5.41) is 0.234. The molecule has 7 heteroatoms. The summed E-state index contributed by atoms with van der Waals surface area (Å²) in [6.07, 6.45) is 0.152. The van der Waals surface area contributed by atoms with Gasteiger partial charge in [0.05, 0.1) is 28.6 Å². The Morgan fingerprint density at radius 2 is 1.37 bits per heavy atom. The second-order valence-corrected chi connectivity index (χ2v) is 9.49. The molecule has 2 saturated heterocycles. The third-order valence-corrected chi connectivity index (χ3v) is 7.59. The van der Waals surface area contributed by atoms with Gasteiger partial charge in [-0.15, -0.1) is 0 Å². The summed E-state index contributed by atoms with van der Waals surface area (Å²) in [5.74, 6) is -4.47. The monoisotopic (exact) mass is 485 g/mol. The summed E-state index contributed by atoms with van der Waals surface area (Å²) in [4.78, 5) is 56.0. The molecule has 2 aliphatic heterocycles. The number of hydrogen-bond acceptors (Lipinski definition) is 5. The Bertz CT molecular complexity index is 1370. The standard InChI is InChI=1S/C28H20ClNO5/c29-19-12-6-7-13-20(19)30-26(33)22-21(15-14-16-8-2-1-3-9-16)35-28(23(22)27(30)34)24(31)17-10-4-5-11-18(17)25(28)32/h1-13,21-23H,14-15H2/t21-,22+,23-/m1/s1. The van der Waals surface area contributed by atoms with Crippen molar-refractivity contribution >= 4 is 40.7 Å². The van der Waals surface area contributed by atoms with E-state index in [9.17, 15) is 19.2 Å². The molecule has 6 rings (SSSR count). The number of ether oxygens (including phenoxy) is 1. The van der Waals surface area contributed by atoms with Crippen LogP contribution in [0.5, 0.6) is 0 Å². The second-order valence-electron chi connectivity index (χ2n) is 9.09. The maximum Gasteiger partial charge on any atom is 0.241 e. The fourth-order valence-corrected chi connectivity index (χ4v) is 5.93. The van der Waals surface area contributed by atoms with Crippen molar-refractivity contribution in [1.29, 1.82) is 0 Å². The summed E-state index contributed by atoms with van der Waals surface area (Å²) < 4.78 is 6.26. The first-order chi connectivity index (χ1) is 16.9. The number of amides is 2. The number of halogens is 1. The first-order valence-corrected chi connectivity index (χ1v) is 11.9. The largest absolute Gasteiger partial charge is 0.354 e. The van der Waals surface area contributed by atoms with Crippen molar-refractivity contribution < 1.29 is 23.9 Å². The van der Waals surface area contributed by atoms with E-state index in [1.54, 1.807) is 48.5 Å². The predicted molar refractivity (Wildman–Crippen MR) is 128 cm³/mol. The minimum atomic E-state index is -2.04. The van der Waals surface area contributed by atoms with Gasteiger partial charge in [0.15, 0.2) is 0 Å². The number of rotatable bonds is 4. The average Bonchev–Trinajstić information content (AvgIpc) is 3.43. The van der Waals surface area contributed by atoms with Gasteiger partial charge in [-0.2, -0.15) is 0 Å². The normalized spacial score (nSPS) is 24.4. The summed E-state index contributed by atoms with van der Waals surface area (Å²) in [5.41, 5.74) is -0.335. The summed E-state index contributed by atoms with van der Waals surface area (Å²) in [6.45, 7) is 0. The van der Waals surface area contributed by atoms with Gasteiger partial charge in [-0.1, -0.05) is 78.3 Å². The zero-order valence-corrected chi connectivity index (χ0v) is 19.3. The zero-order valence-electron chi connectivity index (χ0n) is 18.5. The van der Waals surface area contributed by atoms with Crippen LogP contribution in [0.25, 0.3) is 0 Å². The number of nitrogens with zero attached hydrogens (tertiary/aromatic N) is 1. The van der Waals surface area contributed by atoms with Crippen LogP contribution in [-0.2, 0) is 20.7 Å². The van der Waals surface area contributed by atoms with E-state index >= 15 is 0 Å². The number of aryl methyl sites for hydroxylation is 1. The van der Waals surface area contributed by atoms with E-state index in [0.29, 0.717) is 12.8 Å². The third-order valence-electron chi connectivity index (χ3n) is 7.27. The number of hydrogen-bond donors (Lipinski definition) is 0. The van der Waals surface area contributed by atoms with Crippen LogP contribution in [0, 0.1) is 11.8 Å². The number of anilines is 1. The number of carbonyl (C=O) groups is 4. The quantitative estimate of drug-likeness (QED) is 0.406. The number of carbonyl (C=O) groups excluding carboxylic acids is 4. The number of Topliss-reactive ketones (excluding diaryl/α,β-unsaturated/α-hetero) is 2. The molecular formula is C28H20ClNO5. The number of fused-ring (bicyclic) bond motifs is 3. The fraction of sp³-hybridized carbons (Fsp3) is 0.214. The smallest absolute Gasteiger partial charge is 0.241 e. The van der Waals surface area contributed by atoms with Gasteiger partial charge in [-0.3, -0.25) is 19.2 Å². The van der Waals surface area contributed by atoms with Gasteiger partial charge in [0.1, 0.15) is 0 Å². The van der Waals surface area contributed by atoms with Crippen molar-refractivity contribution in [3.63, 3.8) is 0 Å². The molecule has 0 radical (unpaired) electrons. The van der Waals surface area contributed by atoms with E-state index in [0.717, 1.165) is 10.5 Å². The summed E-state index contributed by atoms with van der Waals surface area (Å²) in [7, 11) is 0. The fourth-order valence-electron chi connectivity index (χ4n) is 5.71. The minimum absolute atomic E-state index is 0.219. The van der Waals surface area contributed by atoms with E-state index < -0.39 is 46.9 Å². The molecule has 0 bridgehead atoms. The first kappa shape index (κ1) is 21.9. The molecule has 2 heterocycles. The molecule has 3 aliphatic rings. The molecule has 2 amide bonds. The van der Waals surface area contributed by atoms with Crippen molar-refractivity contribution in [1.82, 2.24) is 0 Å². The predicted octanol–water partition coefficient (Wildman–Crippen LogP) is 4.30. The SMILES string of the molecule is O=C1[C@H]2[C@@H](CCc3ccccc3)OC3(C(=O)c4ccccc4C3=O)[C@H]2C(=O)N1c1ccccc1Cl. The number of benzene rings is 3. The molecule has 1 aliphatic carbocycles. The lowest BCUT2D eigenvalue weighted by molar-refractivity contribution is -0.127. The van der Waals surface area contributed by atoms with Crippen LogP contribution in [0.1, 0.15) is 32.7 Å². The van der Waals surface area contributed by atoms with Gasteiger partial charge in [0.2, 0.25) is 29.0 Å². The number of imide groups is 1. The molecule has 1 spiro atoms. The van der Waals surface area contributed by atoms with E-state index in [1.165, 1.54) is 0 Å². The average molecular weight is 486 g/mol. The van der Waals surface area contributed by atoms with Crippen LogP contribution < -0.4 is 4.90 Å². The highest BCUT2D eigenvalue weighted by Gasteiger charge is 2.74. The van der Waals surface area contributed by atoms with Crippen molar-refractivity contribution in [2.24, 2.45) is 11.8 Å². The molecule has 0 N–H and O–H groups in total. The topological polar surface area (TPSA) is 80.8 Å². The van der Waals surface area contributed by atoms with Gasteiger partial charge in [0.25, 0.3) is 0 Å². The van der Waals surface area contributed by atoms with Crippen LogP contribution in [0.4, 0.5) is 5.69 Å². The second kappa shape index (κ2) is 7.97. The van der Waals surface area contributed by atoms with Crippen molar-refractivity contribution in [3.8, 4) is 0 Å². The maximum absolute atomic E-state index is 13.8. The Labute approximate surface area is 206 Å². The molecule has 35 heavy (non-hydrogen) atoms. The third kappa shape index (κ3) is 3.00. The highest BCUT2D eigenvalue weighted by molar-refractivity contribution is 6.39. The van der Waals surface area contributed by atoms with E-state index in [-0.39, 0.29) is 21.8 Å². The van der Waals surface area contributed by atoms with Crippen molar-refractivity contribution in [2.45, 2.75) is 24.5 Å². The lowest BCUT2D eigenvalue weighted by Gasteiger charge is -2.27. The van der Waals surface area contributed by atoms with E-state index in [4.69, 9.17) is 16.3 Å². The van der Waals surface area contributed by atoms with Gasteiger partial charge in [0, 0.05) is 11.1 Å². The highest BCUT2D eigenvalue weighted by atomic mass is 35.5. The summed E-state index contributed by atoms with van der Waals surface area (Å²) in [6, 6.07) is 22.7. The van der Waals surface area contributed by atoms with Gasteiger partial charge >= 0.3 is 0 Å².